The number of halogens is 1. The second kappa shape index (κ2) is 7.91. The molecule has 3 N–H and O–H groups in total. The Hall–Kier alpha value is -0.320. The molecule has 1 aliphatic rings. The molecule has 1 atom stereocenters. The van der Waals surface area contributed by atoms with E-state index in [4.69, 9.17) is 10.5 Å². The Morgan fingerprint density at radius 1 is 1.60 bits per heavy atom. The highest BCUT2D eigenvalue weighted by Gasteiger charge is 2.20. The van der Waals surface area contributed by atoms with Crippen molar-refractivity contribution in [2.24, 2.45) is 11.7 Å². The van der Waals surface area contributed by atoms with Crippen molar-refractivity contribution in [3.63, 3.8) is 0 Å². The van der Waals surface area contributed by atoms with Crippen LogP contribution in [-0.4, -0.2) is 31.7 Å². The van der Waals surface area contributed by atoms with E-state index in [9.17, 15) is 4.79 Å². The van der Waals surface area contributed by atoms with Crippen LogP contribution >= 0.6 is 12.4 Å². The number of hydrogen-bond donors (Lipinski definition) is 2. The van der Waals surface area contributed by atoms with E-state index in [2.05, 4.69) is 5.32 Å². The molecule has 0 aromatic rings. The lowest BCUT2D eigenvalue weighted by Crippen LogP contribution is -2.38. The van der Waals surface area contributed by atoms with Crippen molar-refractivity contribution in [1.82, 2.24) is 5.32 Å². The van der Waals surface area contributed by atoms with Crippen molar-refractivity contribution in [3.05, 3.63) is 0 Å². The number of carbonyl (C=O) groups excluding carboxylic acids is 1. The van der Waals surface area contributed by atoms with Crippen LogP contribution in [0.4, 0.5) is 0 Å². The van der Waals surface area contributed by atoms with Crippen LogP contribution in [-0.2, 0) is 9.53 Å². The number of carbonyl (C=O) groups is 1. The Balaban J connectivity index is 0.00000196. The first-order chi connectivity index (χ1) is 6.70. The molecule has 0 aromatic carbocycles. The smallest absolute Gasteiger partial charge is 0.236 e. The zero-order chi connectivity index (χ0) is 10.4. The monoisotopic (exact) mass is 236 g/mol. The Kier molecular flexibility index (Phi) is 7.74. The maximum Gasteiger partial charge on any atom is 0.236 e. The fourth-order valence-electron chi connectivity index (χ4n) is 1.08. The fourth-order valence-corrected chi connectivity index (χ4v) is 1.08. The van der Waals surface area contributed by atoms with Gasteiger partial charge in [-0.15, -0.1) is 12.4 Å². The second-order valence-electron chi connectivity index (χ2n) is 3.95. The summed E-state index contributed by atoms with van der Waals surface area (Å²) in [4.78, 5) is 11.0. The minimum absolute atomic E-state index is 0. The Labute approximate surface area is 97.3 Å². The van der Waals surface area contributed by atoms with Gasteiger partial charge < -0.3 is 15.8 Å². The van der Waals surface area contributed by atoms with Gasteiger partial charge in [-0.05, 0) is 32.1 Å². The van der Waals surface area contributed by atoms with Gasteiger partial charge in [0.1, 0.15) is 0 Å². The van der Waals surface area contributed by atoms with Crippen molar-refractivity contribution in [3.8, 4) is 0 Å². The molecule has 0 heterocycles. The second-order valence-corrected chi connectivity index (χ2v) is 3.95. The SMILES string of the molecule is CC(N)C(=O)NCCCOCC1CC1.Cl. The quantitative estimate of drug-likeness (QED) is 0.640. The van der Waals surface area contributed by atoms with Crippen LogP contribution in [0.25, 0.3) is 0 Å². The molecule has 0 spiro atoms. The van der Waals surface area contributed by atoms with Crippen molar-refractivity contribution in [1.29, 1.82) is 0 Å². The van der Waals surface area contributed by atoms with E-state index in [1.807, 2.05) is 0 Å². The van der Waals surface area contributed by atoms with Gasteiger partial charge in [-0.1, -0.05) is 0 Å². The van der Waals surface area contributed by atoms with Crippen LogP contribution in [0.1, 0.15) is 26.2 Å². The molecular weight excluding hydrogens is 216 g/mol. The summed E-state index contributed by atoms with van der Waals surface area (Å²) in [6.45, 7) is 3.96. The third kappa shape index (κ3) is 7.59. The van der Waals surface area contributed by atoms with Crippen LogP contribution in [0.3, 0.4) is 0 Å². The molecule has 0 bridgehead atoms. The molecule has 0 saturated heterocycles. The van der Waals surface area contributed by atoms with Gasteiger partial charge >= 0.3 is 0 Å². The minimum Gasteiger partial charge on any atom is -0.381 e. The topological polar surface area (TPSA) is 64.4 Å². The summed E-state index contributed by atoms with van der Waals surface area (Å²) in [5, 5.41) is 2.74. The minimum atomic E-state index is -0.414. The average Bonchev–Trinajstić information content (AvgIpc) is 2.94. The largest absolute Gasteiger partial charge is 0.381 e. The predicted molar refractivity (Wildman–Crippen MR) is 62.1 cm³/mol. The summed E-state index contributed by atoms with van der Waals surface area (Å²) < 4.78 is 5.42. The molecule has 90 valence electrons. The number of hydrogen-bond acceptors (Lipinski definition) is 3. The number of ether oxygens (including phenoxy) is 1. The summed E-state index contributed by atoms with van der Waals surface area (Å²) >= 11 is 0. The lowest BCUT2D eigenvalue weighted by Gasteiger charge is -2.07. The molecule has 0 radical (unpaired) electrons. The van der Waals surface area contributed by atoms with E-state index < -0.39 is 6.04 Å². The lowest BCUT2D eigenvalue weighted by molar-refractivity contribution is -0.122. The van der Waals surface area contributed by atoms with Gasteiger partial charge in [0, 0.05) is 19.8 Å². The molecule has 15 heavy (non-hydrogen) atoms. The first-order valence-electron chi connectivity index (χ1n) is 5.31. The summed E-state index contributed by atoms with van der Waals surface area (Å²) in [5.74, 6) is 0.723. The van der Waals surface area contributed by atoms with Crippen LogP contribution in [0, 0.1) is 5.92 Å². The predicted octanol–water partition coefficient (Wildman–Crippen LogP) is 0.688. The fraction of sp³-hybridized carbons (Fsp3) is 0.900. The van der Waals surface area contributed by atoms with E-state index >= 15 is 0 Å². The maximum absolute atomic E-state index is 11.0. The number of rotatable bonds is 7. The third-order valence-corrected chi connectivity index (χ3v) is 2.23. The molecule has 1 saturated carbocycles. The van der Waals surface area contributed by atoms with Gasteiger partial charge in [-0.2, -0.15) is 0 Å². The number of amides is 1. The van der Waals surface area contributed by atoms with Gasteiger partial charge in [0.05, 0.1) is 6.04 Å². The molecule has 1 unspecified atom stereocenters. The van der Waals surface area contributed by atoms with Gasteiger partial charge in [0.25, 0.3) is 0 Å². The molecular formula is C10H21ClN2O2. The zero-order valence-corrected chi connectivity index (χ0v) is 10.0. The van der Waals surface area contributed by atoms with E-state index in [1.54, 1.807) is 6.92 Å². The first-order valence-corrected chi connectivity index (χ1v) is 5.31. The van der Waals surface area contributed by atoms with E-state index in [0.29, 0.717) is 6.54 Å². The number of nitrogens with one attached hydrogen (secondary N) is 1. The van der Waals surface area contributed by atoms with E-state index in [0.717, 1.165) is 25.6 Å². The standard InChI is InChI=1S/C10H20N2O2.ClH/c1-8(11)10(13)12-5-2-6-14-7-9-3-4-9;/h8-9H,2-7,11H2,1H3,(H,12,13);1H. The van der Waals surface area contributed by atoms with Crippen molar-refractivity contribution >= 4 is 18.3 Å². The van der Waals surface area contributed by atoms with Crippen LogP contribution in [0.5, 0.6) is 0 Å². The average molecular weight is 237 g/mol. The van der Waals surface area contributed by atoms with Crippen LogP contribution in [0.2, 0.25) is 0 Å². The molecule has 4 nitrogen and oxygen atoms in total. The summed E-state index contributed by atoms with van der Waals surface area (Å²) in [7, 11) is 0. The highest BCUT2D eigenvalue weighted by Crippen LogP contribution is 2.28. The Morgan fingerprint density at radius 2 is 2.27 bits per heavy atom. The zero-order valence-electron chi connectivity index (χ0n) is 9.20. The lowest BCUT2D eigenvalue weighted by atomic mass is 10.3. The van der Waals surface area contributed by atoms with E-state index in [1.165, 1.54) is 12.8 Å². The van der Waals surface area contributed by atoms with Crippen molar-refractivity contribution in [2.45, 2.75) is 32.2 Å². The van der Waals surface area contributed by atoms with Gasteiger partial charge in [0.15, 0.2) is 0 Å². The molecule has 1 fully saturated rings. The molecule has 0 aromatic heterocycles. The maximum atomic E-state index is 11.0. The molecule has 5 heteroatoms. The third-order valence-electron chi connectivity index (χ3n) is 2.23. The molecule has 1 rings (SSSR count). The molecule has 1 amide bonds. The summed E-state index contributed by atoms with van der Waals surface area (Å²) in [6.07, 6.45) is 3.51. The molecule has 0 aliphatic heterocycles. The highest BCUT2D eigenvalue weighted by atomic mass is 35.5. The first kappa shape index (κ1) is 14.7. The van der Waals surface area contributed by atoms with Crippen LogP contribution < -0.4 is 11.1 Å². The van der Waals surface area contributed by atoms with Gasteiger partial charge in [0.2, 0.25) is 5.91 Å². The summed E-state index contributed by atoms with van der Waals surface area (Å²) in [6, 6.07) is -0.414. The van der Waals surface area contributed by atoms with E-state index in [-0.39, 0.29) is 18.3 Å². The van der Waals surface area contributed by atoms with Crippen LogP contribution in [0.15, 0.2) is 0 Å². The molecule has 1 aliphatic carbocycles. The Morgan fingerprint density at radius 3 is 2.80 bits per heavy atom. The van der Waals surface area contributed by atoms with Crippen molar-refractivity contribution in [2.75, 3.05) is 19.8 Å². The van der Waals surface area contributed by atoms with Gasteiger partial charge in [-0.25, -0.2) is 0 Å². The Bertz CT molecular complexity index is 184. The highest BCUT2D eigenvalue weighted by molar-refractivity contribution is 5.85. The summed E-state index contributed by atoms with van der Waals surface area (Å²) in [5.41, 5.74) is 5.38. The van der Waals surface area contributed by atoms with Gasteiger partial charge in [-0.3, -0.25) is 4.79 Å². The number of nitrogens with two attached hydrogens (primary N) is 1. The van der Waals surface area contributed by atoms with Crippen molar-refractivity contribution < 1.29 is 9.53 Å². The normalized spacial score (nSPS) is 16.7.